The number of carbonyl (C=O) groups is 1. The second-order valence-corrected chi connectivity index (χ2v) is 10.1. The van der Waals surface area contributed by atoms with Crippen LogP contribution in [-0.4, -0.2) is 45.5 Å². The van der Waals surface area contributed by atoms with Gasteiger partial charge < -0.3 is 19.7 Å². The predicted octanol–water partition coefficient (Wildman–Crippen LogP) is 5.86. The normalized spacial score (nSPS) is 15.6. The lowest BCUT2D eigenvalue weighted by Crippen LogP contribution is -2.50. The molecule has 36 heavy (non-hydrogen) atoms. The first kappa shape index (κ1) is 25.7. The first-order chi connectivity index (χ1) is 17.2. The highest BCUT2D eigenvalue weighted by Gasteiger charge is 2.29. The van der Waals surface area contributed by atoms with Crippen molar-refractivity contribution in [3.63, 3.8) is 0 Å². The fraction of sp³-hybridized carbons (Fsp3) is 0.429. The first-order valence-electron chi connectivity index (χ1n) is 12.5. The van der Waals surface area contributed by atoms with Crippen LogP contribution in [-0.2, 0) is 17.7 Å². The van der Waals surface area contributed by atoms with Crippen LogP contribution in [0.2, 0.25) is 0 Å². The van der Waals surface area contributed by atoms with Crippen LogP contribution in [0.25, 0.3) is 5.69 Å². The van der Waals surface area contributed by atoms with Gasteiger partial charge in [-0.05, 0) is 64.3 Å². The number of nitrogens with zero attached hydrogens (tertiary/aromatic N) is 3. The molecule has 4 rings (SSSR count). The minimum atomic E-state index is -0.469. The molecule has 2 heterocycles. The van der Waals surface area contributed by atoms with E-state index >= 15 is 0 Å². The van der Waals surface area contributed by atoms with E-state index in [4.69, 9.17) is 14.6 Å². The minimum Gasteiger partial charge on any atom is -0.435 e. The second-order valence-electron chi connectivity index (χ2n) is 10.1. The Balaban J connectivity index is 1.77. The van der Waals surface area contributed by atoms with Crippen molar-refractivity contribution < 1.29 is 18.7 Å². The van der Waals surface area contributed by atoms with Gasteiger partial charge in [-0.2, -0.15) is 5.10 Å². The molecule has 1 aromatic heterocycles. The maximum atomic E-state index is 14.6. The SMILES string of the molecule is CCc1nn(-c2ccccc2)c(Oc2ccccc2F)c1CN(CC1CCCO1)C(=O)NC(C)(C)C. The molecule has 0 bridgehead atoms. The summed E-state index contributed by atoms with van der Waals surface area (Å²) in [5, 5.41) is 7.89. The molecule has 8 heteroatoms. The van der Waals surface area contributed by atoms with E-state index in [9.17, 15) is 9.18 Å². The van der Waals surface area contributed by atoms with Crippen LogP contribution in [0.3, 0.4) is 0 Å². The Morgan fingerprint density at radius 2 is 1.92 bits per heavy atom. The van der Waals surface area contributed by atoms with Crippen LogP contribution in [0.1, 0.15) is 51.8 Å². The van der Waals surface area contributed by atoms with Gasteiger partial charge in [0.15, 0.2) is 11.6 Å². The number of ether oxygens (including phenoxy) is 2. The maximum Gasteiger partial charge on any atom is 0.318 e. The van der Waals surface area contributed by atoms with Gasteiger partial charge in [-0.3, -0.25) is 0 Å². The Labute approximate surface area is 212 Å². The molecular formula is C28H35FN4O3. The van der Waals surface area contributed by atoms with E-state index in [2.05, 4.69) is 5.32 Å². The number of hydrogen-bond acceptors (Lipinski definition) is 4. The summed E-state index contributed by atoms with van der Waals surface area (Å²) in [5.41, 5.74) is 1.91. The van der Waals surface area contributed by atoms with Crippen LogP contribution in [0.5, 0.6) is 11.6 Å². The summed E-state index contributed by atoms with van der Waals surface area (Å²) in [6.45, 7) is 9.26. The number of halogens is 1. The van der Waals surface area contributed by atoms with Gasteiger partial charge in [0.25, 0.3) is 0 Å². The Bertz CT molecular complexity index is 1170. The summed E-state index contributed by atoms with van der Waals surface area (Å²) in [6.07, 6.45) is 2.48. The van der Waals surface area contributed by atoms with Crippen molar-refractivity contribution in [2.45, 2.75) is 65.1 Å². The van der Waals surface area contributed by atoms with E-state index in [1.54, 1.807) is 27.8 Å². The van der Waals surface area contributed by atoms with Gasteiger partial charge in [-0.15, -0.1) is 0 Å². The van der Waals surface area contributed by atoms with Gasteiger partial charge in [-0.1, -0.05) is 37.3 Å². The molecular weight excluding hydrogens is 459 g/mol. The van der Waals surface area contributed by atoms with E-state index in [1.807, 2.05) is 58.0 Å². The average molecular weight is 495 g/mol. The van der Waals surface area contributed by atoms with Crippen molar-refractivity contribution in [3.05, 3.63) is 71.7 Å². The molecule has 1 fully saturated rings. The molecule has 2 amide bonds. The maximum absolute atomic E-state index is 14.6. The van der Waals surface area contributed by atoms with Crippen molar-refractivity contribution in [2.75, 3.05) is 13.2 Å². The highest BCUT2D eigenvalue weighted by Crippen LogP contribution is 2.33. The predicted molar refractivity (Wildman–Crippen MR) is 137 cm³/mol. The van der Waals surface area contributed by atoms with E-state index in [1.165, 1.54) is 6.07 Å². The number of aryl methyl sites for hydroxylation is 1. The van der Waals surface area contributed by atoms with Crippen molar-refractivity contribution in [3.8, 4) is 17.3 Å². The quantitative estimate of drug-likeness (QED) is 0.426. The third-order valence-electron chi connectivity index (χ3n) is 5.96. The number of amides is 2. The molecule has 7 nitrogen and oxygen atoms in total. The average Bonchev–Trinajstić information content (AvgIpc) is 3.47. The lowest BCUT2D eigenvalue weighted by molar-refractivity contribution is 0.0779. The van der Waals surface area contributed by atoms with E-state index in [0.29, 0.717) is 25.5 Å². The second kappa shape index (κ2) is 11.1. The lowest BCUT2D eigenvalue weighted by atomic mass is 10.1. The van der Waals surface area contributed by atoms with E-state index < -0.39 is 11.4 Å². The largest absolute Gasteiger partial charge is 0.435 e. The lowest BCUT2D eigenvalue weighted by Gasteiger charge is -2.30. The minimum absolute atomic E-state index is 0.0269. The van der Waals surface area contributed by atoms with Gasteiger partial charge in [0, 0.05) is 18.7 Å². The Morgan fingerprint density at radius 3 is 2.56 bits per heavy atom. The first-order valence-corrected chi connectivity index (χ1v) is 12.5. The topological polar surface area (TPSA) is 68.6 Å². The summed E-state index contributed by atoms with van der Waals surface area (Å²) < 4.78 is 28.4. The molecule has 0 saturated carbocycles. The fourth-order valence-electron chi connectivity index (χ4n) is 4.25. The molecule has 3 aromatic rings. The van der Waals surface area contributed by atoms with Crippen molar-refractivity contribution in [1.82, 2.24) is 20.0 Å². The van der Waals surface area contributed by atoms with Crippen LogP contribution >= 0.6 is 0 Å². The number of rotatable bonds is 8. The van der Waals surface area contributed by atoms with Crippen LogP contribution < -0.4 is 10.1 Å². The summed E-state index contributed by atoms with van der Waals surface area (Å²) in [7, 11) is 0. The van der Waals surface area contributed by atoms with E-state index in [0.717, 1.165) is 29.8 Å². The molecule has 192 valence electrons. The summed E-state index contributed by atoms with van der Waals surface area (Å²) in [5.74, 6) is 0.0244. The van der Waals surface area contributed by atoms with Crippen LogP contribution in [0, 0.1) is 5.82 Å². The number of hydrogen-bond donors (Lipinski definition) is 1. The number of carbonyl (C=O) groups excluding carboxylic acids is 1. The van der Waals surface area contributed by atoms with E-state index in [-0.39, 0.29) is 24.4 Å². The molecule has 1 atom stereocenters. The third kappa shape index (κ3) is 6.23. The fourth-order valence-corrected chi connectivity index (χ4v) is 4.25. The summed E-state index contributed by atoms with van der Waals surface area (Å²) in [4.78, 5) is 15.1. The van der Waals surface area contributed by atoms with Gasteiger partial charge in [0.1, 0.15) is 0 Å². The van der Waals surface area contributed by atoms with Crippen LogP contribution in [0.15, 0.2) is 54.6 Å². The Morgan fingerprint density at radius 1 is 1.19 bits per heavy atom. The molecule has 1 aliphatic rings. The zero-order chi connectivity index (χ0) is 25.7. The van der Waals surface area contributed by atoms with Gasteiger partial charge in [0.2, 0.25) is 5.88 Å². The number of nitrogens with one attached hydrogen (secondary N) is 1. The molecule has 1 saturated heterocycles. The van der Waals surface area contributed by atoms with Crippen LogP contribution in [0.4, 0.5) is 9.18 Å². The monoisotopic (exact) mass is 494 g/mol. The zero-order valence-electron chi connectivity index (χ0n) is 21.5. The summed E-state index contributed by atoms with van der Waals surface area (Å²) in [6, 6.07) is 15.7. The number of benzene rings is 2. The Kier molecular flexibility index (Phi) is 7.94. The standard InChI is InChI=1S/C28H35FN4O3/c1-5-24-22(19-32(18-21-14-11-17-35-21)27(34)30-28(2,3)4)26(36-25-16-10-9-15-23(25)29)33(31-24)20-12-7-6-8-13-20/h6-10,12-13,15-16,21H,5,11,14,17-19H2,1-4H3,(H,30,34). The highest BCUT2D eigenvalue weighted by atomic mass is 19.1. The Hall–Kier alpha value is -3.39. The number of urea groups is 1. The molecule has 1 aliphatic heterocycles. The zero-order valence-corrected chi connectivity index (χ0v) is 21.5. The van der Waals surface area contributed by atoms with Gasteiger partial charge in [-0.25, -0.2) is 13.9 Å². The molecule has 0 radical (unpaired) electrons. The molecule has 0 aliphatic carbocycles. The smallest absolute Gasteiger partial charge is 0.318 e. The molecule has 0 spiro atoms. The number of aromatic nitrogens is 2. The highest BCUT2D eigenvalue weighted by molar-refractivity contribution is 5.75. The van der Waals surface area contributed by atoms with Crippen molar-refractivity contribution >= 4 is 6.03 Å². The third-order valence-corrected chi connectivity index (χ3v) is 5.96. The van der Waals surface area contributed by atoms with Gasteiger partial charge >= 0.3 is 6.03 Å². The molecule has 1 unspecified atom stereocenters. The number of para-hydroxylation sites is 2. The molecule has 2 aromatic carbocycles. The van der Waals surface area contributed by atoms with Crippen molar-refractivity contribution in [1.29, 1.82) is 0 Å². The molecule has 1 N–H and O–H groups in total. The van der Waals surface area contributed by atoms with Crippen molar-refractivity contribution in [2.24, 2.45) is 0 Å². The van der Waals surface area contributed by atoms with Gasteiger partial charge in [0.05, 0.1) is 29.6 Å². The summed E-state index contributed by atoms with van der Waals surface area (Å²) >= 11 is 0.